The molecule has 1 aliphatic rings. The lowest BCUT2D eigenvalue weighted by Gasteiger charge is -2.33. The molecule has 0 fully saturated rings. The third-order valence-corrected chi connectivity index (χ3v) is 4.24. The van der Waals surface area contributed by atoms with Gasteiger partial charge in [-0.25, -0.2) is 0 Å². The Morgan fingerprint density at radius 2 is 1.88 bits per heavy atom. The van der Waals surface area contributed by atoms with Gasteiger partial charge in [0.2, 0.25) is 0 Å². The number of methoxy groups -OCH3 is 1. The summed E-state index contributed by atoms with van der Waals surface area (Å²) in [5.41, 5.74) is 2.32. The second-order valence-corrected chi connectivity index (χ2v) is 5.83. The molecule has 2 aromatic rings. The summed E-state index contributed by atoms with van der Waals surface area (Å²) >= 11 is 0. The molecule has 1 heterocycles. The van der Waals surface area contributed by atoms with Gasteiger partial charge in [-0.15, -0.1) is 0 Å². The topological polar surface area (TPSA) is 50.8 Å². The summed E-state index contributed by atoms with van der Waals surface area (Å²) in [4.78, 5) is 14.5. The highest BCUT2D eigenvalue weighted by Gasteiger charge is 2.24. The molecule has 0 saturated carbocycles. The van der Waals surface area contributed by atoms with Crippen LogP contribution in [0.2, 0.25) is 0 Å². The summed E-state index contributed by atoms with van der Waals surface area (Å²) < 4.78 is 10.8. The number of fused-ring (bicyclic) bond motifs is 1. The molecule has 1 N–H and O–H groups in total. The molecule has 1 atom stereocenters. The zero-order valence-electron chi connectivity index (χ0n) is 14.0. The lowest BCUT2D eigenvalue weighted by molar-refractivity contribution is -0.123. The van der Waals surface area contributed by atoms with Crippen LogP contribution in [-0.2, 0) is 4.79 Å². The molecule has 2 aromatic carbocycles. The van der Waals surface area contributed by atoms with E-state index in [0.717, 1.165) is 18.5 Å². The number of ether oxygens (including phenoxy) is 2. The van der Waals surface area contributed by atoms with Crippen LogP contribution in [0, 0.1) is 0 Å². The number of hydrogen-bond donors (Lipinski definition) is 1. The number of amides is 1. The maximum absolute atomic E-state index is 12.3. The molecule has 0 aromatic heterocycles. The summed E-state index contributed by atoms with van der Waals surface area (Å²) in [6, 6.07) is 15.5. The lowest BCUT2D eigenvalue weighted by atomic mass is 9.97. The van der Waals surface area contributed by atoms with Crippen LogP contribution in [0.1, 0.15) is 18.0 Å². The monoisotopic (exact) mass is 326 g/mol. The molecule has 0 bridgehead atoms. The van der Waals surface area contributed by atoms with Crippen LogP contribution < -0.4 is 19.7 Å². The van der Waals surface area contributed by atoms with Crippen molar-refractivity contribution in [3.05, 3.63) is 54.1 Å². The van der Waals surface area contributed by atoms with E-state index in [-0.39, 0.29) is 18.6 Å². The van der Waals surface area contributed by atoms with Crippen molar-refractivity contribution in [2.24, 2.45) is 0 Å². The maximum atomic E-state index is 12.3. The first-order valence-corrected chi connectivity index (χ1v) is 8.04. The van der Waals surface area contributed by atoms with E-state index < -0.39 is 0 Å². The Bertz CT molecular complexity index is 717. The number of nitrogens with zero attached hydrogens (tertiary/aromatic N) is 1. The van der Waals surface area contributed by atoms with Gasteiger partial charge < -0.3 is 19.7 Å². The van der Waals surface area contributed by atoms with Crippen LogP contribution in [0.3, 0.4) is 0 Å². The molecule has 5 heteroatoms. The van der Waals surface area contributed by atoms with Crippen molar-refractivity contribution in [2.45, 2.75) is 12.5 Å². The van der Waals surface area contributed by atoms with Crippen LogP contribution in [0.5, 0.6) is 11.5 Å². The van der Waals surface area contributed by atoms with Crippen LogP contribution in [0.15, 0.2) is 48.5 Å². The summed E-state index contributed by atoms with van der Waals surface area (Å²) in [7, 11) is 3.65. The number of rotatable bonds is 5. The van der Waals surface area contributed by atoms with E-state index in [4.69, 9.17) is 9.47 Å². The Labute approximate surface area is 142 Å². The Hall–Kier alpha value is -2.69. The molecule has 1 aliphatic heterocycles. The highest BCUT2D eigenvalue weighted by molar-refractivity contribution is 5.78. The minimum atomic E-state index is -0.134. The van der Waals surface area contributed by atoms with E-state index in [1.165, 1.54) is 5.69 Å². The Balaban J connectivity index is 1.63. The Morgan fingerprint density at radius 1 is 1.17 bits per heavy atom. The van der Waals surface area contributed by atoms with E-state index in [0.29, 0.717) is 11.5 Å². The summed E-state index contributed by atoms with van der Waals surface area (Å²) in [6.07, 6.45) is 0.883. The molecule has 5 nitrogen and oxygen atoms in total. The fraction of sp³-hybridized carbons (Fsp3) is 0.316. The minimum absolute atomic E-state index is 0.0196. The molecule has 0 radical (unpaired) electrons. The zero-order valence-corrected chi connectivity index (χ0v) is 14.0. The highest BCUT2D eigenvalue weighted by Crippen LogP contribution is 2.32. The number of para-hydroxylation sites is 3. The molecule has 3 rings (SSSR count). The van der Waals surface area contributed by atoms with Crippen molar-refractivity contribution in [2.75, 3.05) is 32.2 Å². The number of hydrogen-bond acceptors (Lipinski definition) is 4. The molecule has 0 saturated heterocycles. The second kappa shape index (κ2) is 7.25. The molecule has 126 valence electrons. The van der Waals surface area contributed by atoms with Gasteiger partial charge in [-0.2, -0.15) is 0 Å². The van der Waals surface area contributed by atoms with Gasteiger partial charge in [0, 0.05) is 19.3 Å². The van der Waals surface area contributed by atoms with Gasteiger partial charge in [0.1, 0.15) is 0 Å². The molecule has 0 aliphatic carbocycles. The van der Waals surface area contributed by atoms with Crippen molar-refractivity contribution >= 4 is 11.6 Å². The van der Waals surface area contributed by atoms with E-state index in [9.17, 15) is 4.79 Å². The predicted octanol–water partition coefficient (Wildman–Crippen LogP) is 2.77. The van der Waals surface area contributed by atoms with Gasteiger partial charge in [0.05, 0.1) is 13.2 Å². The Morgan fingerprint density at radius 3 is 2.67 bits per heavy atom. The fourth-order valence-electron chi connectivity index (χ4n) is 3.00. The van der Waals surface area contributed by atoms with E-state index >= 15 is 0 Å². The van der Waals surface area contributed by atoms with Crippen molar-refractivity contribution in [1.82, 2.24) is 5.32 Å². The Kier molecular flexibility index (Phi) is 4.89. The first-order chi connectivity index (χ1) is 11.7. The smallest absolute Gasteiger partial charge is 0.258 e. The molecule has 24 heavy (non-hydrogen) atoms. The van der Waals surface area contributed by atoms with E-state index in [1.807, 2.05) is 24.3 Å². The fourth-order valence-corrected chi connectivity index (χ4v) is 3.00. The molecular weight excluding hydrogens is 304 g/mol. The van der Waals surface area contributed by atoms with E-state index in [2.05, 4.69) is 29.4 Å². The second-order valence-electron chi connectivity index (χ2n) is 5.83. The molecule has 1 unspecified atom stereocenters. The first-order valence-electron chi connectivity index (χ1n) is 8.04. The zero-order chi connectivity index (χ0) is 16.9. The average Bonchev–Trinajstić information content (AvgIpc) is 2.63. The summed E-state index contributed by atoms with van der Waals surface area (Å²) in [5.74, 6) is 1.05. The molecule has 0 spiro atoms. The van der Waals surface area contributed by atoms with Crippen molar-refractivity contribution in [3.63, 3.8) is 0 Å². The normalized spacial score (nSPS) is 16.2. The van der Waals surface area contributed by atoms with Gasteiger partial charge >= 0.3 is 0 Å². The number of benzene rings is 2. The van der Waals surface area contributed by atoms with Gasteiger partial charge in [-0.1, -0.05) is 30.3 Å². The molecule has 1 amide bonds. The van der Waals surface area contributed by atoms with Crippen molar-refractivity contribution in [1.29, 1.82) is 0 Å². The highest BCUT2D eigenvalue weighted by atomic mass is 16.5. The van der Waals surface area contributed by atoms with Crippen molar-refractivity contribution < 1.29 is 14.3 Å². The number of carbonyl (C=O) groups excluding carboxylic acids is 1. The number of nitrogens with one attached hydrogen (secondary N) is 1. The average molecular weight is 326 g/mol. The van der Waals surface area contributed by atoms with Gasteiger partial charge in [0.15, 0.2) is 18.1 Å². The minimum Gasteiger partial charge on any atom is -0.493 e. The number of carbonyl (C=O) groups is 1. The SMILES string of the molecule is COc1ccccc1OCC(=O)NC1CCN(C)c2ccccc21. The third kappa shape index (κ3) is 3.45. The summed E-state index contributed by atoms with van der Waals surface area (Å²) in [5, 5.41) is 3.07. The number of anilines is 1. The lowest BCUT2D eigenvalue weighted by Crippen LogP contribution is -2.38. The van der Waals surface area contributed by atoms with Crippen LogP contribution >= 0.6 is 0 Å². The van der Waals surface area contributed by atoms with Gasteiger partial charge in [0.25, 0.3) is 5.91 Å². The third-order valence-electron chi connectivity index (χ3n) is 4.24. The predicted molar refractivity (Wildman–Crippen MR) is 93.7 cm³/mol. The summed E-state index contributed by atoms with van der Waals surface area (Å²) in [6.45, 7) is 0.879. The molecular formula is C19H22N2O3. The van der Waals surface area contributed by atoms with E-state index in [1.54, 1.807) is 19.2 Å². The van der Waals surface area contributed by atoms with Gasteiger partial charge in [-0.05, 0) is 30.2 Å². The van der Waals surface area contributed by atoms with Crippen LogP contribution in [-0.4, -0.2) is 33.2 Å². The van der Waals surface area contributed by atoms with Crippen LogP contribution in [0.25, 0.3) is 0 Å². The first kappa shape index (κ1) is 16.2. The van der Waals surface area contributed by atoms with Crippen LogP contribution in [0.4, 0.5) is 5.69 Å². The largest absolute Gasteiger partial charge is 0.493 e. The quantitative estimate of drug-likeness (QED) is 0.918. The van der Waals surface area contributed by atoms with Crippen molar-refractivity contribution in [3.8, 4) is 11.5 Å². The maximum Gasteiger partial charge on any atom is 0.258 e. The van der Waals surface area contributed by atoms with Gasteiger partial charge in [-0.3, -0.25) is 4.79 Å². The standard InChI is InChI=1S/C19H22N2O3/c1-21-12-11-15(14-7-3-4-8-16(14)21)20-19(22)13-24-18-10-6-5-9-17(18)23-2/h3-10,15H,11-13H2,1-2H3,(H,20,22).